The average Bonchev–Trinajstić information content (AvgIpc) is 3.49. The van der Waals surface area contributed by atoms with Crippen molar-refractivity contribution in [2.75, 3.05) is 13.2 Å². The van der Waals surface area contributed by atoms with Gasteiger partial charge in [-0.25, -0.2) is 0 Å². The lowest BCUT2D eigenvalue weighted by Gasteiger charge is -2.20. The van der Waals surface area contributed by atoms with Crippen molar-refractivity contribution in [2.45, 2.75) is 431 Å². The van der Waals surface area contributed by atoms with Crippen LogP contribution in [0.2, 0.25) is 0 Å². The number of amides is 1. The number of unbranched alkanes of at least 4 members (excludes halogenated alkanes) is 56. The number of rotatable bonds is 71. The number of ether oxygens (including phenoxy) is 1. The molecule has 0 rings (SSSR count). The first kappa shape index (κ1) is 81.1. The van der Waals surface area contributed by atoms with Crippen LogP contribution in [0, 0.1) is 0 Å². The van der Waals surface area contributed by atoms with Crippen molar-refractivity contribution >= 4 is 11.9 Å². The fourth-order valence-electron chi connectivity index (χ4n) is 11.9. The summed E-state index contributed by atoms with van der Waals surface area (Å²) in [4.78, 5) is 24.6. The molecule has 2 unspecified atom stereocenters. The van der Waals surface area contributed by atoms with Crippen LogP contribution in [-0.2, 0) is 14.3 Å². The molecule has 6 heteroatoms. The van der Waals surface area contributed by atoms with Gasteiger partial charge in [-0.3, -0.25) is 9.59 Å². The van der Waals surface area contributed by atoms with Crippen molar-refractivity contribution < 1.29 is 24.5 Å². The van der Waals surface area contributed by atoms with E-state index in [2.05, 4.69) is 43.5 Å². The second-order valence-corrected chi connectivity index (χ2v) is 26.0. The lowest BCUT2D eigenvalue weighted by Crippen LogP contribution is -2.45. The zero-order valence-electron chi connectivity index (χ0n) is 56.2. The highest BCUT2D eigenvalue weighted by atomic mass is 16.5. The van der Waals surface area contributed by atoms with E-state index in [-0.39, 0.29) is 18.5 Å². The van der Waals surface area contributed by atoms with Crippen LogP contribution < -0.4 is 5.32 Å². The topological polar surface area (TPSA) is 95.9 Å². The molecule has 0 heterocycles. The molecule has 0 fully saturated rings. The van der Waals surface area contributed by atoms with Crippen molar-refractivity contribution in [3.63, 3.8) is 0 Å². The summed E-state index contributed by atoms with van der Waals surface area (Å²) in [5.41, 5.74) is 0. The van der Waals surface area contributed by atoms with Gasteiger partial charge in [0.15, 0.2) is 0 Å². The Balaban J connectivity index is 3.35. The highest BCUT2D eigenvalue weighted by Gasteiger charge is 2.18. The Morgan fingerprint density at radius 1 is 0.337 bits per heavy atom. The van der Waals surface area contributed by atoms with Crippen LogP contribution in [0.25, 0.3) is 0 Å². The van der Waals surface area contributed by atoms with Crippen LogP contribution >= 0.6 is 0 Å². The molecule has 0 saturated heterocycles. The third kappa shape index (κ3) is 69.1. The second-order valence-electron chi connectivity index (χ2n) is 26.0. The van der Waals surface area contributed by atoms with E-state index in [0.29, 0.717) is 19.4 Å². The summed E-state index contributed by atoms with van der Waals surface area (Å²) in [5.74, 6) is -0.0527. The van der Waals surface area contributed by atoms with Gasteiger partial charge in [0, 0.05) is 12.8 Å². The van der Waals surface area contributed by atoms with Crippen LogP contribution in [0.5, 0.6) is 0 Å². The highest BCUT2D eigenvalue weighted by molar-refractivity contribution is 5.76. The van der Waals surface area contributed by atoms with Crippen LogP contribution in [0.3, 0.4) is 0 Å². The fraction of sp³-hybridized carbons (Fsp3) is 0.896. The summed E-state index contributed by atoms with van der Waals surface area (Å²) in [6.07, 6.45) is 93.9. The quantitative estimate of drug-likeness (QED) is 0.0320. The van der Waals surface area contributed by atoms with Crippen LogP contribution in [0.15, 0.2) is 36.5 Å². The minimum Gasteiger partial charge on any atom is -0.466 e. The minimum absolute atomic E-state index is 0.00673. The van der Waals surface area contributed by atoms with Crippen LogP contribution in [0.1, 0.15) is 418 Å². The normalized spacial score (nSPS) is 12.7. The standard InChI is InChI=1S/C77H147NO5/c1-3-5-7-9-11-13-15-17-19-20-21-36-39-42-45-49-53-57-61-65-69-75(80)74(73-79)78-76(81)70-66-62-58-54-50-46-43-40-37-34-32-30-28-26-24-22-23-25-27-29-31-33-35-38-41-44-48-52-56-60-64-68-72-83-77(82)71-67-63-59-55-51-47-18-16-14-12-10-8-6-4-2/h10,12,16,18,65,69,74-75,79-80H,3-9,11,13-15,17,19-64,66-68,70-73H2,1-2H3,(H,78,81)/b12-10-,18-16-,69-65+. The van der Waals surface area contributed by atoms with E-state index >= 15 is 0 Å². The molecule has 0 aromatic rings. The van der Waals surface area contributed by atoms with E-state index in [1.807, 2.05) is 6.08 Å². The molecule has 0 aromatic carbocycles. The first-order chi connectivity index (χ1) is 41.0. The maximum Gasteiger partial charge on any atom is 0.305 e. The Bertz CT molecular complexity index is 1340. The SMILES string of the molecule is CCCC/C=C\C/C=C\CCCCCCCC(=O)OCCCCCCCCCCCCCCCCCCCCCCCCCCCCCCCCCCC(=O)NC(CO)C(O)/C=C/CCCCCCCCCCCCCCCCCCCC. The number of carbonyl (C=O) groups is 2. The number of aliphatic hydroxyl groups excluding tert-OH is 2. The largest absolute Gasteiger partial charge is 0.466 e. The van der Waals surface area contributed by atoms with Gasteiger partial charge in [-0.2, -0.15) is 0 Å². The maximum absolute atomic E-state index is 12.5. The summed E-state index contributed by atoms with van der Waals surface area (Å²) in [7, 11) is 0. The molecular weight excluding hydrogens is 1020 g/mol. The van der Waals surface area contributed by atoms with Gasteiger partial charge in [-0.05, 0) is 57.8 Å². The van der Waals surface area contributed by atoms with Crippen LogP contribution in [0.4, 0.5) is 0 Å². The van der Waals surface area contributed by atoms with Gasteiger partial charge in [0.25, 0.3) is 0 Å². The first-order valence-corrected chi connectivity index (χ1v) is 37.8. The Labute approximate surface area is 519 Å². The average molecular weight is 1170 g/mol. The molecule has 2 atom stereocenters. The van der Waals surface area contributed by atoms with E-state index in [0.717, 1.165) is 51.4 Å². The molecule has 0 radical (unpaired) electrons. The minimum atomic E-state index is -0.842. The Kier molecular flexibility index (Phi) is 70.9. The van der Waals surface area contributed by atoms with Gasteiger partial charge in [-0.15, -0.1) is 0 Å². The van der Waals surface area contributed by atoms with Gasteiger partial charge < -0.3 is 20.3 Å². The van der Waals surface area contributed by atoms with E-state index in [4.69, 9.17) is 4.74 Å². The van der Waals surface area contributed by atoms with Crippen molar-refractivity contribution in [1.29, 1.82) is 0 Å². The molecule has 490 valence electrons. The second kappa shape index (κ2) is 72.6. The van der Waals surface area contributed by atoms with Crippen LogP contribution in [-0.4, -0.2) is 47.4 Å². The summed E-state index contributed by atoms with van der Waals surface area (Å²) in [6.45, 7) is 4.90. The molecule has 0 spiro atoms. The first-order valence-electron chi connectivity index (χ1n) is 37.8. The number of carbonyl (C=O) groups excluding carboxylic acids is 2. The Hall–Kier alpha value is -1.92. The van der Waals surface area contributed by atoms with Crippen molar-refractivity contribution in [1.82, 2.24) is 5.32 Å². The van der Waals surface area contributed by atoms with E-state index in [1.54, 1.807) is 6.08 Å². The molecule has 1 amide bonds. The number of hydrogen-bond donors (Lipinski definition) is 3. The van der Waals surface area contributed by atoms with E-state index < -0.39 is 12.1 Å². The molecule has 0 saturated carbocycles. The molecule has 0 aromatic heterocycles. The summed E-state index contributed by atoms with van der Waals surface area (Å²) in [6, 6.07) is -0.625. The molecule has 6 nitrogen and oxygen atoms in total. The van der Waals surface area contributed by atoms with Crippen molar-refractivity contribution in [3.05, 3.63) is 36.5 Å². The predicted molar refractivity (Wildman–Crippen MR) is 366 cm³/mol. The summed E-state index contributed by atoms with van der Waals surface area (Å²) >= 11 is 0. The highest BCUT2D eigenvalue weighted by Crippen LogP contribution is 2.19. The van der Waals surface area contributed by atoms with Gasteiger partial charge in [0.2, 0.25) is 5.91 Å². The van der Waals surface area contributed by atoms with E-state index in [9.17, 15) is 19.8 Å². The summed E-state index contributed by atoms with van der Waals surface area (Å²) < 4.78 is 5.49. The lowest BCUT2D eigenvalue weighted by molar-refractivity contribution is -0.143. The van der Waals surface area contributed by atoms with Gasteiger partial charge in [0.05, 0.1) is 25.4 Å². The molecule has 3 N–H and O–H groups in total. The zero-order chi connectivity index (χ0) is 59.9. The molecule has 0 aliphatic carbocycles. The third-order valence-corrected chi connectivity index (χ3v) is 17.7. The molecule has 83 heavy (non-hydrogen) atoms. The molecular formula is C77H147NO5. The summed E-state index contributed by atoms with van der Waals surface area (Å²) in [5, 5.41) is 23.3. The van der Waals surface area contributed by atoms with Gasteiger partial charge in [0.1, 0.15) is 0 Å². The Morgan fingerprint density at radius 2 is 0.614 bits per heavy atom. The fourth-order valence-corrected chi connectivity index (χ4v) is 11.9. The monoisotopic (exact) mass is 1170 g/mol. The van der Waals surface area contributed by atoms with Gasteiger partial charge >= 0.3 is 5.97 Å². The van der Waals surface area contributed by atoms with Crippen molar-refractivity contribution in [3.8, 4) is 0 Å². The number of esters is 1. The number of nitrogens with one attached hydrogen (secondary N) is 1. The zero-order valence-corrected chi connectivity index (χ0v) is 56.2. The molecule has 0 aliphatic heterocycles. The Morgan fingerprint density at radius 3 is 0.952 bits per heavy atom. The van der Waals surface area contributed by atoms with E-state index in [1.165, 1.54) is 340 Å². The predicted octanol–water partition coefficient (Wildman–Crippen LogP) is 24.7. The third-order valence-electron chi connectivity index (χ3n) is 17.7. The lowest BCUT2D eigenvalue weighted by atomic mass is 10.0. The van der Waals surface area contributed by atoms with Crippen molar-refractivity contribution in [2.24, 2.45) is 0 Å². The molecule has 0 bridgehead atoms. The number of hydrogen-bond acceptors (Lipinski definition) is 5. The molecule has 0 aliphatic rings. The van der Waals surface area contributed by atoms with Gasteiger partial charge in [-0.1, -0.05) is 384 Å². The smallest absolute Gasteiger partial charge is 0.305 e. The number of allylic oxidation sites excluding steroid dienone is 5. The number of aliphatic hydroxyl groups is 2. The maximum atomic E-state index is 12.5.